The van der Waals surface area contributed by atoms with Crippen LogP contribution in [0.15, 0.2) is 0 Å². The van der Waals surface area contributed by atoms with Gasteiger partial charge in [0.15, 0.2) is 0 Å². The molecule has 1 aliphatic carbocycles. The highest BCUT2D eigenvalue weighted by molar-refractivity contribution is 5.68. The van der Waals surface area contributed by atoms with E-state index in [0.717, 1.165) is 32.7 Å². The molecule has 0 aromatic rings. The van der Waals surface area contributed by atoms with Crippen LogP contribution in [0.5, 0.6) is 0 Å². The highest BCUT2D eigenvalue weighted by Gasteiger charge is 2.59. The van der Waals surface area contributed by atoms with Gasteiger partial charge in [-0.15, -0.1) is 0 Å². The summed E-state index contributed by atoms with van der Waals surface area (Å²) < 4.78 is 11.3. The van der Waals surface area contributed by atoms with Crippen LogP contribution in [0.1, 0.15) is 47.5 Å². The van der Waals surface area contributed by atoms with Crippen molar-refractivity contribution < 1.29 is 14.3 Å². The van der Waals surface area contributed by atoms with Gasteiger partial charge in [0.1, 0.15) is 5.60 Å². The van der Waals surface area contributed by atoms with Crippen molar-refractivity contribution in [2.24, 2.45) is 17.3 Å². The third kappa shape index (κ3) is 3.36. The lowest BCUT2D eigenvalue weighted by Crippen LogP contribution is -2.66. The maximum atomic E-state index is 12.1. The lowest BCUT2D eigenvalue weighted by Gasteiger charge is -2.55. The largest absolute Gasteiger partial charge is 0.444 e. The van der Waals surface area contributed by atoms with Crippen LogP contribution in [-0.2, 0) is 9.47 Å². The number of hydrogen-bond donors (Lipinski definition) is 1. The average Bonchev–Trinajstić information content (AvgIpc) is 3.04. The first-order chi connectivity index (χ1) is 10.7. The van der Waals surface area contributed by atoms with Crippen LogP contribution in [0, 0.1) is 17.3 Å². The van der Waals surface area contributed by atoms with Crippen LogP contribution < -0.4 is 5.32 Å². The molecule has 5 heteroatoms. The van der Waals surface area contributed by atoms with Gasteiger partial charge in [-0.05, 0) is 39.5 Å². The van der Waals surface area contributed by atoms with Crippen LogP contribution in [0.3, 0.4) is 0 Å². The van der Waals surface area contributed by atoms with E-state index in [1.165, 1.54) is 6.42 Å². The Morgan fingerprint density at radius 1 is 1.35 bits per heavy atom. The monoisotopic (exact) mass is 324 g/mol. The molecule has 3 aliphatic rings. The minimum atomic E-state index is -0.416. The van der Waals surface area contributed by atoms with E-state index in [-0.39, 0.29) is 11.5 Å². The van der Waals surface area contributed by atoms with Crippen LogP contribution >= 0.6 is 0 Å². The summed E-state index contributed by atoms with van der Waals surface area (Å²) >= 11 is 0. The van der Waals surface area contributed by atoms with Gasteiger partial charge < -0.3 is 19.7 Å². The molecule has 0 spiro atoms. The van der Waals surface area contributed by atoms with Crippen molar-refractivity contribution in [2.75, 3.05) is 26.2 Å². The molecule has 0 bridgehead atoms. The lowest BCUT2D eigenvalue weighted by molar-refractivity contribution is -0.113. The van der Waals surface area contributed by atoms with Gasteiger partial charge in [-0.1, -0.05) is 13.8 Å². The molecule has 0 radical (unpaired) electrons. The molecule has 2 aliphatic heterocycles. The number of fused-ring (bicyclic) bond motifs is 1. The molecule has 5 nitrogen and oxygen atoms in total. The Morgan fingerprint density at radius 3 is 2.78 bits per heavy atom. The molecular weight excluding hydrogens is 292 g/mol. The highest BCUT2D eigenvalue weighted by Crippen LogP contribution is 2.52. The number of hydrogen-bond acceptors (Lipinski definition) is 4. The number of carbonyl (C=O) groups is 1. The van der Waals surface area contributed by atoms with E-state index in [4.69, 9.17) is 9.47 Å². The van der Waals surface area contributed by atoms with Gasteiger partial charge in [-0.2, -0.15) is 0 Å². The Bertz CT molecular complexity index is 458. The zero-order valence-electron chi connectivity index (χ0n) is 15.2. The Kier molecular flexibility index (Phi) is 4.38. The minimum Gasteiger partial charge on any atom is -0.444 e. The van der Waals surface area contributed by atoms with Crippen LogP contribution in [0.4, 0.5) is 4.79 Å². The maximum Gasteiger partial charge on any atom is 0.410 e. The molecule has 3 rings (SSSR count). The molecule has 0 aromatic heterocycles. The number of ether oxygens (including phenoxy) is 2. The normalized spacial score (nSPS) is 35.8. The summed E-state index contributed by atoms with van der Waals surface area (Å²) in [5.41, 5.74) is -0.189. The minimum absolute atomic E-state index is 0.173. The first-order valence-corrected chi connectivity index (χ1v) is 9.01. The predicted octanol–water partition coefficient (Wildman–Crippen LogP) is 2.65. The molecule has 4 atom stereocenters. The van der Waals surface area contributed by atoms with E-state index in [1.54, 1.807) is 0 Å². The summed E-state index contributed by atoms with van der Waals surface area (Å²) in [6.45, 7) is 13.9. The molecule has 132 valence electrons. The molecule has 2 heterocycles. The summed E-state index contributed by atoms with van der Waals surface area (Å²) in [4.78, 5) is 14.0. The summed E-state index contributed by atoms with van der Waals surface area (Å²) in [7, 11) is 0. The second-order valence-electron chi connectivity index (χ2n) is 9.03. The maximum absolute atomic E-state index is 12.1. The van der Waals surface area contributed by atoms with Gasteiger partial charge in [0.05, 0.1) is 6.10 Å². The smallest absolute Gasteiger partial charge is 0.410 e. The van der Waals surface area contributed by atoms with Crippen LogP contribution in [-0.4, -0.2) is 55.0 Å². The fraction of sp³-hybridized carbons (Fsp3) is 0.944. The third-order valence-electron chi connectivity index (χ3n) is 5.66. The Hall–Kier alpha value is -0.810. The van der Waals surface area contributed by atoms with Gasteiger partial charge in [0.2, 0.25) is 0 Å². The Labute approximate surface area is 140 Å². The van der Waals surface area contributed by atoms with Gasteiger partial charge in [0, 0.05) is 43.6 Å². The molecule has 1 N–H and O–H groups in total. The number of nitrogens with zero attached hydrogens (tertiary/aromatic N) is 1. The first-order valence-electron chi connectivity index (χ1n) is 9.01. The quantitative estimate of drug-likeness (QED) is 0.867. The first kappa shape index (κ1) is 17.0. The molecular formula is C18H32N2O3. The van der Waals surface area contributed by atoms with Crippen molar-refractivity contribution in [2.45, 2.75) is 65.2 Å². The molecule has 1 saturated carbocycles. The van der Waals surface area contributed by atoms with Crippen molar-refractivity contribution in [3.63, 3.8) is 0 Å². The van der Waals surface area contributed by atoms with E-state index in [9.17, 15) is 4.79 Å². The van der Waals surface area contributed by atoms with Crippen LogP contribution in [0.2, 0.25) is 0 Å². The van der Waals surface area contributed by atoms with Gasteiger partial charge in [0.25, 0.3) is 0 Å². The zero-order valence-corrected chi connectivity index (χ0v) is 15.2. The van der Waals surface area contributed by atoms with E-state index in [2.05, 4.69) is 19.2 Å². The highest BCUT2D eigenvalue weighted by atomic mass is 16.6. The van der Waals surface area contributed by atoms with E-state index >= 15 is 0 Å². The molecule has 0 aromatic carbocycles. The SMILES string of the molecule is CC(C)(C)OC(=O)N1CCC(CNC2C3CCOC3C2(C)C)C1. The molecule has 2 saturated heterocycles. The van der Waals surface area contributed by atoms with Gasteiger partial charge in [-0.25, -0.2) is 4.79 Å². The fourth-order valence-corrected chi connectivity index (χ4v) is 4.52. The fourth-order valence-electron chi connectivity index (χ4n) is 4.52. The standard InChI is InChI=1S/C18H32N2O3/c1-17(2,3)23-16(21)20-8-6-12(11-20)10-19-14-13-7-9-22-15(13)18(14,4)5/h12-15,19H,6-11H2,1-5H3. The molecule has 1 amide bonds. The van der Waals surface area contributed by atoms with Crippen molar-refractivity contribution in [1.29, 1.82) is 0 Å². The summed E-state index contributed by atoms with van der Waals surface area (Å²) in [5.74, 6) is 1.20. The second-order valence-corrected chi connectivity index (χ2v) is 9.03. The average molecular weight is 324 g/mol. The number of nitrogens with one attached hydrogen (secondary N) is 1. The molecule has 23 heavy (non-hydrogen) atoms. The number of amides is 1. The molecule has 3 fully saturated rings. The van der Waals surface area contributed by atoms with Crippen molar-refractivity contribution in [3.05, 3.63) is 0 Å². The van der Waals surface area contributed by atoms with Crippen molar-refractivity contribution >= 4 is 6.09 Å². The van der Waals surface area contributed by atoms with E-state index in [0.29, 0.717) is 24.0 Å². The van der Waals surface area contributed by atoms with Crippen molar-refractivity contribution in [3.8, 4) is 0 Å². The summed E-state index contributed by atoms with van der Waals surface area (Å²) in [5, 5.41) is 3.77. The second kappa shape index (κ2) is 5.92. The summed E-state index contributed by atoms with van der Waals surface area (Å²) in [6, 6.07) is 0.547. The van der Waals surface area contributed by atoms with E-state index < -0.39 is 5.60 Å². The van der Waals surface area contributed by atoms with Gasteiger partial charge in [-0.3, -0.25) is 0 Å². The summed E-state index contributed by atoms with van der Waals surface area (Å²) in [6.07, 6.45) is 2.50. The van der Waals surface area contributed by atoms with Crippen LogP contribution in [0.25, 0.3) is 0 Å². The number of rotatable bonds is 3. The topological polar surface area (TPSA) is 50.8 Å². The number of likely N-dealkylation sites (tertiary alicyclic amines) is 1. The zero-order chi connectivity index (χ0) is 16.8. The Balaban J connectivity index is 1.45. The van der Waals surface area contributed by atoms with Crippen molar-refractivity contribution in [1.82, 2.24) is 10.2 Å². The van der Waals surface area contributed by atoms with Gasteiger partial charge >= 0.3 is 6.09 Å². The number of carbonyl (C=O) groups excluding carboxylic acids is 1. The third-order valence-corrected chi connectivity index (χ3v) is 5.66. The predicted molar refractivity (Wildman–Crippen MR) is 89.3 cm³/mol. The lowest BCUT2D eigenvalue weighted by atomic mass is 9.57. The Morgan fingerprint density at radius 2 is 2.09 bits per heavy atom. The molecule has 4 unspecified atom stereocenters. The van der Waals surface area contributed by atoms with E-state index in [1.807, 2.05) is 25.7 Å².